The Kier molecular flexibility index (Phi) is 5.79. The molecule has 0 aromatic heterocycles. The Balaban J connectivity index is 4.15. The summed E-state index contributed by atoms with van der Waals surface area (Å²) in [6, 6.07) is 0. The van der Waals surface area contributed by atoms with E-state index in [0.29, 0.717) is 6.42 Å². The van der Waals surface area contributed by atoms with E-state index in [9.17, 15) is 4.79 Å². The van der Waals surface area contributed by atoms with Crippen molar-refractivity contribution in [1.29, 1.82) is 0 Å². The number of amides is 1. The molecule has 0 saturated carbocycles. The van der Waals surface area contributed by atoms with Crippen molar-refractivity contribution in [3.63, 3.8) is 0 Å². The molecule has 0 fully saturated rings. The van der Waals surface area contributed by atoms with Crippen molar-refractivity contribution in [3.05, 3.63) is 11.8 Å². The van der Waals surface area contributed by atoms with Crippen LogP contribution in [0.4, 0.5) is 0 Å². The Morgan fingerprint density at radius 2 is 2.15 bits per heavy atom. The Bertz CT molecular complexity index is 200. The number of carbonyl (C=O) groups excluding carboxylic acids is 1. The molecule has 1 unspecified atom stereocenters. The number of halogens is 1. The lowest BCUT2D eigenvalue weighted by Gasteiger charge is -2.10. The van der Waals surface area contributed by atoms with Gasteiger partial charge in [-0.3, -0.25) is 4.79 Å². The molecule has 0 spiro atoms. The number of carbonyl (C=O) groups is 1. The van der Waals surface area contributed by atoms with Crippen molar-refractivity contribution in [2.75, 3.05) is 21.2 Å². The van der Waals surface area contributed by atoms with Crippen LogP contribution in [0.1, 0.15) is 13.3 Å². The molecule has 0 saturated heterocycles. The topological polar surface area (TPSA) is 29.5 Å². The standard InChI is InChI=1S/C9H16BrNO2/c1-7(10)8(13-4)5-6-9(12)11(2)3/h5,7H,6H2,1-4H3. The van der Waals surface area contributed by atoms with Gasteiger partial charge in [0.1, 0.15) is 5.76 Å². The second-order valence-corrected chi connectivity index (χ2v) is 4.29. The fourth-order valence-corrected chi connectivity index (χ4v) is 1.15. The van der Waals surface area contributed by atoms with Crippen LogP contribution in [0, 0.1) is 0 Å². The molecule has 0 rings (SSSR count). The summed E-state index contributed by atoms with van der Waals surface area (Å²) in [6.07, 6.45) is 2.17. The maximum atomic E-state index is 11.2. The molecule has 0 aromatic rings. The van der Waals surface area contributed by atoms with Crippen LogP contribution in [-0.2, 0) is 9.53 Å². The molecule has 0 bridgehead atoms. The van der Waals surface area contributed by atoms with Crippen LogP contribution in [-0.4, -0.2) is 36.8 Å². The number of methoxy groups -OCH3 is 1. The van der Waals surface area contributed by atoms with Gasteiger partial charge in [-0.1, -0.05) is 15.9 Å². The van der Waals surface area contributed by atoms with Crippen molar-refractivity contribution < 1.29 is 9.53 Å². The Morgan fingerprint density at radius 1 is 1.62 bits per heavy atom. The van der Waals surface area contributed by atoms with Crippen LogP contribution in [0.5, 0.6) is 0 Å². The zero-order chi connectivity index (χ0) is 10.4. The fourth-order valence-electron chi connectivity index (χ4n) is 0.779. The molecule has 3 nitrogen and oxygen atoms in total. The Hall–Kier alpha value is -0.510. The number of nitrogens with zero attached hydrogens (tertiary/aromatic N) is 1. The van der Waals surface area contributed by atoms with Gasteiger partial charge < -0.3 is 9.64 Å². The van der Waals surface area contributed by atoms with E-state index in [0.717, 1.165) is 5.76 Å². The predicted molar refractivity (Wildman–Crippen MR) is 56.8 cm³/mol. The molecular formula is C9H16BrNO2. The number of ether oxygens (including phenoxy) is 1. The van der Waals surface area contributed by atoms with Crippen molar-refractivity contribution in [2.24, 2.45) is 0 Å². The maximum Gasteiger partial charge on any atom is 0.225 e. The molecule has 1 amide bonds. The quantitative estimate of drug-likeness (QED) is 0.562. The predicted octanol–water partition coefficient (Wildman–Crippen LogP) is 1.78. The van der Waals surface area contributed by atoms with Crippen LogP contribution in [0.25, 0.3) is 0 Å². The summed E-state index contributed by atoms with van der Waals surface area (Å²) in [6.45, 7) is 1.95. The molecule has 0 aliphatic heterocycles. The van der Waals surface area contributed by atoms with Crippen molar-refractivity contribution in [3.8, 4) is 0 Å². The second-order valence-electron chi connectivity index (χ2n) is 2.92. The highest BCUT2D eigenvalue weighted by Gasteiger charge is 2.06. The summed E-state index contributed by atoms with van der Waals surface area (Å²) in [4.78, 5) is 12.9. The third kappa shape index (κ3) is 4.93. The highest BCUT2D eigenvalue weighted by molar-refractivity contribution is 9.09. The average molecular weight is 250 g/mol. The summed E-state index contributed by atoms with van der Waals surface area (Å²) in [5, 5.41) is 0. The van der Waals surface area contributed by atoms with Gasteiger partial charge in [-0.15, -0.1) is 0 Å². The van der Waals surface area contributed by atoms with Gasteiger partial charge >= 0.3 is 0 Å². The molecule has 0 heterocycles. The largest absolute Gasteiger partial charge is 0.500 e. The minimum Gasteiger partial charge on any atom is -0.500 e. The van der Waals surface area contributed by atoms with Crippen LogP contribution in [0.2, 0.25) is 0 Å². The van der Waals surface area contributed by atoms with Gasteiger partial charge in [0.2, 0.25) is 5.91 Å². The smallest absolute Gasteiger partial charge is 0.225 e. The lowest BCUT2D eigenvalue weighted by atomic mass is 10.3. The van der Waals surface area contributed by atoms with E-state index in [2.05, 4.69) is 15.9 Å². The van der Waals surface area contributed by atoms with Crippen LogP contribution >= 0.6 is 15.9 Å². The van der Waals surface area contributed by atoms with Crippen LogP contribution < -0.4 is 0 Å². The lowest BCUT2D eigenvalue weighted by molar-refractivity contribution is -0.127. The highest BCUT2D eigenvalue weighted by Crippen LogP contribution is 2.12. The first-order chi connectivity index (χ1) is 5.99. The zero-order valence-electron chi connectivity index (χ0n) is 8.50. The SMILES string of the molecule is COC(=CCC(=O)N(C)C)C(C)Br. The van der Waals surface area contributed by atoms with Gasteiger partial charge in [-0.25, -0.2) is 0 Å². The van der Waals surface area contributed by atoms with Crippen molar-refractivity contribution in [2.45, 2.75) is 18.2 Å². The fraction of sp³-hybridized carbons (Fsp3) is 0.667. The molecule has 0 radical (unpaired) electrons. The van der Waals surface area contributed by atoms with Crippen molar-refractivity contribution in [1.82, 2.24) is 4.90 Å². The molecule has 0 N–H and O–H groups in total. The van der Waals surface area contributed by atoms with E-state index in [1.54, 1.807) is 32.2 Å². The summed E-state index contributed by atoms with van der Waals surface area (Å²) < 4.78 is 5.09. The summed E-state index contributed by atoms with van der Waals surface area (Å²) in [5.41, 5.74) is 0. The van der Waals surface area contributed by atoms with E-state index < -0.39 is 0 Å². The lowest BCUT2D eigenvalue weighted by Crippen LogP contribution is -2.20. The van der Waals surface area contributed by atoms with Crippen LogP contribution in [0.15, 0.2) is 11.8 Å². The number of alkyl halides is 1. The van der Waals surface area contributed by atoms with Crippen molar-refractivity contribution >= 4 is 21.8 Å². The molecule has 76 valence electrons. The Morgan fingerprint density at radius 3 is 2.46 bits per heavy atom. The number of rotatable bonds is 4. The molecule has 13 heavy (non-hydrogen) atoms. The van der Waals surface area contributed by atoms with Gasteiger partial charge in [0.25, 0.3) is 0 Å². The van der Waals surface area contributed by atoms with Gasteiger partial charge in [0.05, 0.1) is 11.9 Å². The number of allylic oxidation sites excluding steroid dienone is 1. The highest BCUT2D eigenvalue weighted by atomic mass is 79.9. The molecule has 4 heteroatoms. The second kappa shape index (κ2) is 6.02. The minimum absolute atomic E-state index is 0.0719. The summed E-state index contributed by atoms with van der Waals surface area (Å²) in [7, 11) is 5.07. The molecule has 0 aliphatic rings. The molecule has 0 aliphatic carbocycles. The van der Waals surface area contributed by atoms with E-state index >= 15 is 0 Å². The Labute approximate surface area is 87.9 Å². The first-order valence-electron chi connectivity index (χ1n) is 4.07. The van der Waals surface area contributed by atoms with Gasteiger partial charge in [0, 0.05) is 20.5 Å². The maximum absolute atomic E-state index is 11.2. The van der Waals surface area contributed by atoms with E-state index in [-0.39, 0.29) is 10.7 Å². The van der Waals surface area contributed by atoms with Gasteiger partial charge in [-0.2, -0.15) is 0 Å². The minimum atomic E-state index is 0.0719. The van der Waals surface area contributed by atoms with E-state index in [1.807, 2.05) is 6.92 Å². The van der Waals surface area contributed by atoms with Gasteiger partial charge in [0.15, 0.2) is 0 Å². The average Bonchev–Trinajstić information content (AvgIpc) is 2.04. The van der Waals surface area contributed by atoms with E-state index in [1.165, 1.54) is 0 Å². The molecule has 1 atom stereocenters. The first kappa shape index (κ1) is 12.5. The third-order valence-corrected chi connectivity index (χ3v) is 2.06. The monoisotopic (exact) mass is 249 g/mol. The first-order valence-corrected chi connectivity index (χ1v) is 4.98. The van der Waals surface area contributed by atoms with Crippen LogP contribution in [0.3, 0.4) is 0 Å². The summed E-state index contributed by atoms with van der Waals surface area (Å²) >= 11 is 3.37. The zero-order valence-corrected chi connectivity index (χ0v) is 10.1. The number of hydrogen-bond acceptors (Lipinski definition) is 2. The third-order valence-electron chi connectivity index (χ3n) is 1.60. The number of hydrogen-bond donors (Lipinski definition) is 0. The summed E-state index contributed by atoms with van der Waals surface area (Å²) in [5.74, 6) is 0.859. The normalized spacial score (nSPS) is 13.8. The van der Waals surface area contributed by atoms with E-state index in [4.69, 9.17) is 4.74 Å². The molecule has 0 aromatic carbocycles. The molecular weight excluding hydrogens is 234 g/mol. The van der Waals surface area contributed by atoms with Gasteiger partial charge in [-0.05, 0) is 13.0 Å².